The molecule has 0 radical (unpaired) electrons. The van der Waals surface area contributed by atoms with E-state index in [1.54, 1.807) is 0 Å². The number of aromatic nitrogens is 5. The molecule has 3 aromatic heterocycles. The standard InChI is InChI=1S/C19H17F4N7O/c1-9-6-16(28-18(25-9)19(3,22)23)27-14-7-15(26-10(2)31)24-8-11(14)12-4-5-13(17(20)21)30-29-12/h4-8,17H,1-3H3,(H2,24,25,26,27,28,31). The molecule has 12 heteroatoms. The van der Waals surface area contributed by atoms with Crippen LogP contribution >= 0.6 is 0 Å². The molecule has 2 N–H and O–H groups in total. The van der Waals surface area contributed by atoms with Gasteiger partial charge < -0.3 is 10.6 Å². The maximum Gasteiger partial charge on any atom is 0.303 e. The third-order valence-corrected chi connectivity index (χ3v) is 3.90. The van der Waals surface area contributed by atoms with Crippen molar-refractivity contribution in [2.24, 2.45) is 0 Å². The van der Waals surface area contributed by atoms with Crippen molar-refractivity contribution < 1.29 is 22.4 Å². The highest BCUT2D eigenvalue weighted by Gasteiger charge is 2.29. The van der Waals surface area contributed by atoms with Crippen molar-refractivity contribution in [3.8, 4) is 11.3 Å². The summed E-state index contributed by atoms with van der Waals surface area (Å²) >= 11 is 0. The molecule has 0 aliphatic heterocycles. The Bertz CT molecular complexity index is 1100. The first kappa shape index (κ1) is 22.0. The maximum absolute atomic E-state index is 13.7. The summed E-state index contributed by atoms with van der Waals surface area (Å²) in [5, 5.41) is 12.7. The van der Waals surface area contributed by atoms with Crippen LogP contribution in [0.1, 0.15) is 37.5 Å². The first-order valence-electron chi connectivity index (χ1n) is 8.93. The summed E-state index contributed by atoms with van der Waals surface area (Å²) in [4.78, 5) is 23.1. The largest absolute Gasteiger partial charge is 0.339 e. The summed E-state index contributed by atoms with van der Waals surface area (Å²) in [6.45, 7) is 3.51. The molecule has 0 aromatic carbocycles. The molecule has 0 atom stereocenters. The number of alkyl halides is 4. The smallest absolute Gasteiger partial charge is 0.303 e. The van der Waals surface area contributed by atoms with Crippen LogP contribution in [0.25, 0.3) is 11.3 Å². The maximum atomic E-state index is 13.7. The number of nitrogens with one attached hydrogen (secondary N) is 2. The highest BCUT2D eigenvalue weighted by Crippen LogP contribution is 2.32. The molecular weight excluding hydrogens is 418 g/mol. The van der Waals surface area contributed by atoms with Crippen LogP contribution in [0.4, 0.5) is 34.9 Å². The Morgan fingerprint density at radius 1 is 1.10 bits per heavy atom. The van der Waals surface area contributed by atoms with Crippen molar-refractivity contribution >= 4 is 23.2 Å². The Kier molecular flexibility index (Phi) is 6.09. The third kappa shape index (κ3) is 5.47. The highest BCUT2D eigenvalue weighted by atomic mass is 19.3. The molecule has 0 bridgehead atoms. The van der Waals surface area contributed by atoms with Crippen molar-refractivity contribution in [2.75, 3.05) is 10.6 Å². The minimum atomic E-state index is -3.26. The van der Waals surface area contributed by atoms with E-state index < -0.39 is 23.9 Å². The molecule has 0 aliphatic carbocycles. The van der Waals surface area contributed by atoms with Crippen LogP contribution in [0.5, 0.6) is 0 Å². The Morgan fingerprint density at radius 3 is 2.42 bits per heavy atom. The van der Waals surface area contributed by atoms with Crippen LogP contribution in [-0.2, 0) is 10.7 Å². The summed E-state index contributed by atoms with van der Waals surface area (Å²) in [5.41, 5.74) is 0.598. The van der Waals surface area contributed by atoms with Crippen LogP contribution < -0.4 is 10.6 Å². The number of hydrogen-bond acceptors (Lipinski definition) is 7. The van der Waals surface area contributed by atoms with E-state index in [0.29, 0.717) is 18.2 Å². The monoisotopic (exact) mass is 435 g/mol. The van der Waals surface area contributed by atoms with Gasteiger partial charge in [0.2, 0.25) is 11.7 Å². The number of aryl methyl sites for hydroxylation is 1. The van der Waals surface area contributed by atoms with Gasteiger partial charge in [-0.25, -0.2) is 23.7 Å². The van der Waals surface area contributed by atoms with Crippen molar-refractivity contribution in [1.82, 2.24) is 25.1 Å². The lowest BCUT2D eigenvalue weighted by Gasteiger charge is -2.15. The zero-order valence-electron chi connectivity index (χ0n) is 16.6. The lowest BCUT2D eigenvalue weighted by molar-refractivity contribution is -0.114. The average Bonchev–Trinajstić information content (AvgIpc) is 2.67. The van der Waals surface area contributed by atoms with Crippen molar-refractivity contribution in [3.63, 3.8) is 0 Å². The predicted molar refractivity (Wildman–Crippen MR) is 104 cm³/mol. The van der Waals surface area contributed by atoms with E-state index in [4.69, 9.17) is 0 Å². The van der Waals surface area contributed by atoms with Crippen LogP contribution in [0.3, 0.4) is 0 Å². The molecule has 0 fully saturated rings. The topological polar surface area (TPSA) is 106 Å². The van der Waals surface area contributed by atoms with Gasteiger partial charge in [0.05, 0.1) is 11.4 Å². The normalized spacial score (nSPS) is 11.5. The van der Waals surface area contributed by atoms with E-state index in [0.717, 1.165) is 6.07 Å². The number of anilines is 3. The molecule has 3 aromatic rings. The van der Waals surface area contributed by atoms with Gasteiger partial charge in [0.15, 0.2) is 0 Å². The molecule has 0 saturated heterocycles. The molecule has 3 rings (SSSR count). The van der Waals surface area contributed by atoms with Crippen molar-refractivity contribution in [3.05, 3.63) is 47.7 Å². The number of pyridine rings is 1. The van der Waals surface area contributed by atoms with Crippen LogP contribution in [0, 0.1) is 6.92 Å². The van der Waals surface area contributed by atoms with Gasteiger partial charge in [-0.15, -0.1) is 10.2 Å². The number of carbonyl (C=O) groups excluding carboxylic acids is 1. The summed E-state index contributed by atoms with van der Waals surface area (Å²) < 4.78 is 53.0. The van der Waals surface area contributed by atoms with Crippen molar-refractivity contribution in [2.45, 2.75) is 33.1 Å². The molecule has 0 saturated carbocycles. The second kappa shape index (κ2) is 8.58. The number of hydrogen-bond donors (Lipinski definition) is 2. The Morgan fingerprint density at radius 2 is 1.84 bits per heavy atom. The second-order valence-electron chi connectivity index (χ2n) is 6.67. The molecular formula is C19H17F4N7O. The first-order chi connectivity index (χ1) is 14.5. The minimum Gasteiger partial charge on any atom is -0.339 e. The van der Waals surface area contributed by atoms with Gasteiger partial charge in [0.1, 0.15) is 17.3 Å². The lowest BCUT2D eigenvalue weighted by atomic mass is 10.1. The molecule has 8 nitrogen and oxygen atoms in total. The minimum absolute atomic E-state index is 0.0578. The fourth-order valence-corrected chi connectivity index (χ4v) is 2.58. The third-order valence-electron chi connectivity index (χ3n) is 3.90. The van der Waals surface area contributed by atoms with Gasteiger partial charge in [0, 0.05) is 43.4 Å². The zero-order valence-corrected chi connectivity index (χ0v) is 16.6. The van der Waals surface area contributed by atoms with E-state index in [1.165, 1.54) is 38.2 Å². The quantitative estimate of drug-likeness (QED) is 0.553. The molecule has 0 spiro atoms. The number of nitrogens with zero attached hydrogens (tertiary/aromatic N) is 5. The van der Waals surface area contributed by atoms with Gasteiger partial charge in [-0.3, -0.25) is 4.79 Å². The number of carbonyl (C=O) groups is 1. The van der Waals surface area contributed by atoms with Gasteiger partial charge in [-0.2, -0.15) is 8.78 Å². The van der Waals surface area contributed by atoms with Gasteiger partial charge in [-0.05, 0) is 19.1 Å². The van der Waals surface area contributed by atoms with Crippen LogP contribution in [0.2, 0.25) is 0 Å². The zero-order chi connectivity index (χ0) is 22.8. The van der Waals surface area contributed by atoms with E-state index in [2.05, 4.69) is 35.8 Å². The van der Waals surface area contributed by atoms with Gasteiger partial charge in [-0.1, -0.05) is 0 Å². The van der Waals surface area contributed by atoms with Crippen LogP contribution in [0.15, 0.2) is 30.5 Å². The Labute approximate surface area is 174 Å². The van der Waals surface area contributed by atoms with Gasteiger partial charge in [0.25, 0.3) is 6.43 Å². The summed E-state index contributed by atoms with van der Waals surface area (Å²) in [7, 11) is 0. The summed E-state index contributed by atoms with van der Waals surface area (Å²) in [6, 6.07) is 5.32. The molecule has 31 heavy (non-hydrogen) atoms. The predicted octanol–water partition coefficient (Wildman–Crippen LogP) is 4.39. The summed E-state index contributed by atoms with van der Waals surface area (Å²) in [6.07, 6.45) is -1.44. The molecule has 162 valence electrons. The molecule has 0 unspecified atom stereocenters. The lowest BCUT2D eigenvalue weighted by Crippen LogP contribution is -2.14. The number of amides is 1. The van der Waals surface area contributed by atoms with Gasteiger partial charge >= 0.3 is 5.92 Å². The number of halogens is 4. The molecule has 0 aliphatic rings. The molecule has 1 amide bonds. The van der Waals surface area contributed by atoms with Crippen molar-refractivity contribution in [1.29, 1.82) is 0 Å². The average molecular weight is 435 g/mol. The Hall–Kier alpha value is -3.70. The molecule has 3 heterocycles. The first-order valence-corrected chi connectivity index (χ1v) is 8.93. The fraction of sp³-hybridized carbons (Fsp3) is 0.263. The SMILES string of the molecule is CC(=O)Nc1cc(Nc2cc(C)nc(C(C)(F)F)n2)c(-c2ccc(C(F)F)nn2)cn1. The van der Waals surface area contributed by atoms with E-state index in [1.807, 2.05) is 0 Å². The second-order valence-corrected chi connectivity index (χ2v) is 6.67. The van der Waals surface area contributed by atoms with E-state index in [-0.39, 0.29) is 28.9 Å². The fourth-order valence-electron chi connectivity index (χ4n) is 2.58. The van der Waals surface area contributed by atoms with E-state index >= 15 is 0 Å². The van der Waals surface area contributed by atoms with Crippen LogP contribution in [-0.4, -0.2) is 31.1 Å². The highest BCUT2D eigenvalue weighted by molar-refractivity contribution is 5.89. The van der Waals surface area contributed by atoms with E-state index in [9.17, 15) is 22.4 Å². The summed E-state index contributed by atoms with van der Waals surface area (Å²) in [5.74, 6) is -4.08. The Balaban J connectivity index is 2.06. The number of rotatable bonds is 6.